The maximum absolute atomic E-state index is 10.2. The number of ketones is 1. The Balaban J connectivity index is 3.82. The van der Waals surface area contributed by atoms with Crippen LogP contribution in [0.25, 0.3) is 0 Å². The monoisotopic (exact) mass is 134 g/mol. The van der Waals surface area contributed by atoms with Crippen molar-refractivity contribution in [2.75, 3.05) is 0 Å². The first-order chi connectivity index (χ1) is 3.18. The van der Waals surface area contributed by atoms with Crippen molar-refractivity contribution in [3.63, 3.8) is 0 Å². The van der Waals surface area contributed by atoms with Crippen LogP contribution in [0.5, 0.6) is 0 Å². The van der Waals surface area contributed by atoms with E-state index in [2.05, 4.69) is 25.3 Å². The molecule has 1 nitrogen and oxygen atoms in total. The van der Waals surface area contributed by atoms with Gasteiger partial charge in [-0.15, -0.1) is 12.6 Å². The summed E-state index contributed by atoms with van der Waals surface area (Å²) < 4.78 is 0. The summed E-state index contributed by atoms with van der Waals surface area (Å²) in [5.41, 5.74) is 0. The quantitative estimate of drug-likeness (QED) is 0.408. The zero-order chi connectivity index (χ0) is 5.86. The van der Waals surface area contributed by atoms with Crippen molar-refractivity contribution in [3.05, 3.63) is 10.3 Å². The van der Waals surface area contributed by atoms with E-state index in [4.69, 9.17) is 0 Å². The maximum atomic E-state index is 10.2. The Morgan fingerprint density at radius 1 is 1.71 bits per heavy atom. The van der Waals surface area contributed by atoms with Crippen molar-refractivity contribution in [1.29, 1.82) is 0 Å². The van der Waals surface area contributed by atoms with Gasteiger partial charge in [0.25, 0.3) is 0 Å². The molecular formula is C4H6OS2. The number of Topliss-reactive ketones (excluding diaryl/α,β-unsaturated/α-hetero) is 1. The summed E-state index contributed by atoms with van der Waals surface area (Å²) in [5.74, 6) is -0.0571. The highest BCUT2D eigenvalue weighted by molar-refractivity contribution is 7.88. The van der Waals surface area contributed by atoms with Crippen LogP contribution in [0.1, 0.15) is 6.92 Å². The molecule has 0 radical (unpaired) electrons. The Kier molecular flexibility index (Phi) is 3.21. The molecule has 0 aromatic heterocycles. The zero-order valence-corrected chi connectivity index (χ0v) is 5.67. The van der Waals surface area contributed by atoms with Gasteiger partial charge in [0.2, 0.25) is 0 Å². The summed E-state index contributed by atoms with van der Waals surface area (Å²) in [6, 6.07) is 0. The molecule has 0 aliphatic heterocycles. The summed E-state index contributed by atoms with van der Waals surface area (Å²) in [6.07, 6.45) is 0. The molecule has 0 spiro atoms. The molecular weight excluding hydrogens is 128 g/mol. The highest BCUT2D eigenvalue weighted by Crippen LogP contribution is 2.01. The van der Waals surface area contributed by atoms with Gasteiger partial charge in [0.05, 0.1) is 4.91 Å². The van der Waals surface area contributed by atoms with Gasteiger partial charge in [-0.05, 0) is 12.3 Å². The Morgan fingerprint density at radius 2 is 2.14 bits per heavy atom. The highest BCUT2D eigenvalue weighted by Gasteiger charge is 1.91. The number of carbonyl (C=O) groups is 1. The van der Waals surface area contributed by atoms with Crippen LogP contribution >= 0.6 is 25.3 Å². The normalized spacial score (nSPS) is 11.6. The fourth-order valence-electron chi connectivity index (χ4n) is 0.0909. The molecule has 0 amide bonds. The summed E-state index contributed by atoms with van der Waals surface area (Å²) in [4.78, 5) is 10.6. The molecule has 0 saturated carbocycles. The van der Waals surface area contributed by atoms with Gasteiger partial charge in [0.15, 0.2) is 5.78 Å². The fraction of sp³-hybridized carbons (Fsp3) is 0.250. The predicted octanol–water partition coefficient (Wildman–Crippen LogP) is 1.28. The third-order valence-corrected chi connectivity index (χ3v) is 1.39. The molecule has 0 N–H and O–H groups in total. The number of allylic oxidation sites excluding steroid dienone is 1. The van der Waals surface area contributed by atoms with Crippen molar-refractivity contribution in [2.45, 2.75) is 6.92 Å². The van der Waals surface area contributed by atoms with E-state index < -0.39 is 0 Å². The third kappa shape index (κ3) is 2.76. The van der Waals surface area contributed by atoms with Crippen LogP contribution in [0.15, 0.2) is 10.3 Å². The molecule has 0 aliphatic carbocycles. The van der Waals surface area contributed by atoms with E-state index >= 15 is 0 Å². The minimum atomic E-state index is -0.0571. The zero-order valence-electron chi connectivity index (χ0n) is 3.88. The second-order valence-corrected chi connectivity index (χ2v) is 1.81. The molecule has 0 aromatic rings. The second-order valence-electron chi connectivity index (χ2n) is 1.07. The number of thiol groups is 2. The molecule has 0 fully saturated rings. The van der Waals surface area contributed by atoms with Crippen LogP contribution in [-0.2, 0) is 4.79 Å². The first-order valence-corrected chi connectivity index (χ1v) is 2.69. The first-order valence-electron chi connectivity index (χ1n) is 1.72. The van der Waals surface area contributed by atoms with Gasteiger partial charge in [-0.3, -0.25) is 4.79 Å². The number of hydrogen-bond acceptors (Lipinski definition) is 3. The smallest absolute Gasteiger partial charge is 0.166 e. The van der Waals surface area contributed by atoms with Gasteiger partial charge in [-0.2, -0.15) is 12.6 Å². The van der Waals surface area contributed by atoms with Gasteiger partial charge in [0, 0.05) is 0 Å². The molecule has 0 atom stereocenters. The molecule has 7 heavy (non-hydrogen) atoms. The van der Waals surface area contributed by atoms with E-state index in [0.717, 1.165) is 0 Å². The van der Waals surface area contributed by atoms with Gasteiger partial charge in [-0.1, -0.05) is 0 Å². The van der Waals surface area contributed by atoms with Crippen molar-refractivity contribution < 1.29 is 4.79 Å². The van der Waals surface area contributed by atoms with Crippen LogP contribution in [-0.4, -0.2) is 5.78 Å². The minimum absolute atomic E-state index is 0.0571. The average molecular weight is 134 g/mol. The average Bonchev–Trinajstić information content (AvgIpc) is 1.65. The van der Waals surface area contributed by atoms with E-state index in [1.807, 2.05) is 0 Å². The summed E-state index contributed by atoms with van der Waals surface area (Å²) in [6.45, 7) is 1.44. The first kappa shape index (κ1) is 7.11. The lowest BCUT2D eigenvalue weighted by Crippen LogP contribution is -1.85. The lowest BCUT2D eigenvalue weighted by atomic mass is 10.4. The van der Waals surface area contributed by atoms with E-state index in [1.165, 1.54) is 12.3 Å². The molecule has 0 rings (SSSR count). The molecule has 40 valence electrons. The molecule has 0 bridgehead atoms. The lowest BCUT2D eigenvalue weighted by Gasteiger charge is -1.83. The van der Waals surface area contributed by atoms with Crippen LogP contribution in [0.3, 0.4) is 0 Å². The van der Waals surface area contributed by atoms with Crippen LogP contribution < -0.4 is 0 Å². The van der Waals surface area contributed by atoms with E-state index in [0.29, 0.717) is 4.91 Å². The summed E-state index contributed by atoms with van der Waals surface area (Å²) in [5, 5.41) is 1.37. The SMILES string of the molecule is CC(=O)/C(S)=C/S. The molecule has 0 heterocycles. The van der Waals surface area contributed by atoms with Gasteiger partial charge in [-0.25, -0.2) is 0 Å². The van der Waals surface area contributed by atoms with Crippen LogP contribution in [0.2, 0.25) is 0 Å². The van der Waals surface area contributed by atoms with Crippen LogP contribution in [0, 0.1) is 0 Å². The highest BCUT2D eigenvalue weighted by atomic mass is 32.1. The Morgan fingerprint density at radius 3 is 2.14 bits per heavy atom. The number of hydrogen-bond donors (Lipinski definition) is 2. The van der Waals surface area contributed by atoms with Gasteiger partial charge in [0.1, 0.15) is 0 Å². The van der Waals surface area contributed by atoms with E-state index in [9.17, 15) is 4.79 Å². The number of rotatable bonds is 1. The van der Waals surface area contributed by atoms with Crippen molar-refractivity contribution in [3.8, 4) is 0 Å². The van der Waals surface area contributed by atoms with Crippen molar-refractivity contribution in [1.82, 2.24) is 0 Å². The van der Waals surface area contributed by atoms with E-state index in [1.54, 1.807) is 0 Å². The lowest BCUT2D eigenvalue weighted by molar-refractivity contribution is -0.112. The molecule has 0 aliphatic rings. The third-order valence-electron chi connectivity index (χ3n) is 0.483. The molecule has 0 unspecified atom stereocenters. The topological polar surface area (TPSA) is 17.1 Å². The maximum Gasteiger partial charge on any atom is 0.166 e. The minimum Gasteiger partial charge on any atom is -0.294 e. The predicted molar refractivity (Wildman–Crippen MR) is 36.7 cm³/mol. The summed E-state index contributed by atoms with van der Waals surface area (Å²) in [7, 11) is 0. The number of carbonyl (C=O) groups excluding carboxylic acids is 1. The second kappa shape index (κ2) is 3.16. The van der Waals surface area contributed by atoms with Crippen LogP contribution in [0.4, 0.5) is 0 Å². The Labute approximate surface area is 53.6 Å². The van der Waals surface area contributed by atoms with Crippen molar-refractivity contribution >= 4 is 31.0 Å². The molecule has 3 heteroatoms. The van der Waals surface area contributed by atoms with Gasteiger partial charge >= 0.3 is 0 Å². The van der Waals surface area contributed by atoms with Gasteiger partial charge < -0.3 is 0 Å². The molecule has 0 aromatic carbocycles. The Hall–Kier alpha value is 0.110. The Bertz CT molecular complexity index is 106. The standard InChI is InChI=1S/C4H6OS2/c1-3(5)4(7)2-6/h2,6-7H,1H3/b4-2-. The van der Waals surface area contributed by atoms with E-state index in [-0.39, 0.29) is 5.78 Å². The van der Waals surface area contributed by atoms with Crippen molar-refractivity contribution in [2.24, 2.45) is 0 Å². The molecule has 0 saturated heterocycles. The summed E-state index contributed by atoms with van der Waals surface area (Å²) >= 11 is 7.46. The fourth-order valence-corrected chi connectivity index (χ4v) is 0.273. The largest absolute Gasteiger partial charge is 0.294 e.